The molecule has 3 aromatic rings. The Labute approximate surface area is 159 Å². The third-order valence-corrected chi connectivity index (χ3v) is 5.27. The van der Waals surface area contributed by atoms with Crippen molar-refractivity contribution in [2.24, 2.45) is 0 Å². The number of pyridine rings is 1. The van der Waals surface area contributed by atoms with Gasteiger partial charge in [-0.05, 0) is 36.6 Å². The maximum absolute atomic E-state index is 9.27. The van der Waals surface area contributed by atoms with Crippen molar-refractivity contribution in [3.63, 3.8) is 0 Å². The van der Waals surface area contributed by atoms with E-state index in [4.69, 9.17) is 4.98 Å². The summed E-state index contributed by atoms with van der Waals surface area (Å²) < 4.78 is 2.27. The van der Waals surface area contributed by atoms with E-state index in [1.165, 1.54) is 9.92 Å². The fraction of sp³-hybridized carbons (Fsp3) is 0.333. The molecule has 0 amide bonds. The Morgan fingerprint density at radius 1 is 1.08 bits per heavy atom. The van der Waals surface area contributed by atoms with Gasteiger partial charge in [-0.1, -0.05) is 49.9 Å². The number of aliphatic hydroxyl groups excluding tert-OH is 1. The Morgan fingerprint density at radius 2 is 1.85 bits per heavy atom. The van der Waals surface area contributed by atoms with Crippen molar-refractivity contribution < 1.29 is 5.11 Å². The van der Waals surface area contributed by atoms with Crippen LogP contribution in [0.1, 0.15) is 43.4 Å². The zero-order chi connectivity index (χ0) is 18.4. The van der Waals surface area contributed by atoms with Gasteiger partial charge in [0, 0.05) is 24.1 Å². The van der Waals surface area contributed by atoms with Gasteiger partial charge in [0.1, 0.15) is 10.9 Å². The summed E-state index contributed by atoms with van der Waals surface area (Å²) in [4.78, 5) is 10.6. The summed E-state index contributed by atoms with van der Waals surface area (Å²) in [5, 5.41) is 10.4. The highest BCUT2D eigenvalue weighted by atomic mass is 32.2. The normalized spacial score (nSPS) is 11.2. The van der Waals surface area contributed by atoms with Gasteiger partial charge >= 0.3 is 0 Å². The summed E-state index contributed by atoms with van der Waals surface area (Å²) in [6.07, 6.45) is 3.30. The molecule has 0 fully saturated rings. The summed E-state index contributed by atoms with van der Waals surface area (Å²) in [7, 11) is 0. The van der Waals surface area contributed by atoms with E-state index in [1.54, 1.807) is 11.8 Å². The third-order valence-electron chi connectivity index (χ3n) is 4.13. The Bertz CT molecular complexity index is 816. The van der Waals surface area contributed by atoms with Gasteiger partial charge in [0.2, 0.25) is 0 Å². The lowest BCUT2D eigenvalue weighted by Gasteiger charge is -2.13. The second-order valence-electron chi connectivity index (χ2n) is 6.52. The number of aryl methyl sites for hydroxylation is 1. The minimum atomic E-state index is 0.175. The van der Waals surface area contributed by atoms with Gasteiger partial charge in [0.05, 0.1) is 17.9 Å². The van der Waals surface area contributed by atoms with Crippen molar-refractivity contribution in [3.8, 4) is 0 Å². The van der Waals surface area contributed by atoms with Gasteiger partial charge in [-0.3, -0.25) is 4.98 Å². The summed E-state index contributed by atoms with van der Waals surface area (Å²) in [6, 6.07) is 16.4. The fourth-order valence-electron chi connectivity index (χ4n) is 2.83. The summed E-state index contributed by atoms with van der Waals surface area (Å²) in [5.74, 6) is 1.35. The van der Waals surface area contributed by atoms with Crippen LogP contribution in [0.15, 0.2) is 64.6 Å². The van der Waals surface area contributed by atoms with Crippen molar-refractivity contribution in [2.45, 2.75) is 49.1 Å². The molecule has 0 saturated carbocycles. The van der Waals surface area contributed by atoms with Gasteiger partial charge < -0.3 is 9.67 Å². The van der Waals surface area contributed by atoms with Gasteiger partial charge in [-0.25, -0.2) is 4.98 Å². The molecule has 0 spiro atoms. The molecule has 136 valence electrons. The molecule has 5 heteroatoms. The fourth-order valence-corrected chi connectivity index (χ4v) is 4.01. The zero-order valence-electron chi connectivity index (χ0n) is 15.3. The Morgan fingerprint density at radius 3 is 2.50 bits per heavy atom. The predicted molar refractivity (Wildman–Crippen MR) is 106 cm³/mol. The van der Waals surface area contributed by atoms with Crippen LogP contribution in [0, 0.1) is 0 Å². The number of hydrogen-bond donors (Lipinski definition) is 1. The lowest BCUT2D eigenvalue weighted by molar-refractivity contribution is 0.287. The number of hydrogen-bond acceptors (Lipinski definition) is 4. The number of rotatable bonds is 8. The van der Waals surface area contributed by atoms with Crippen LogP contribution in [-0.4, -0.2) is 26.2 Å². The first kappa shape index (κ1) is 18.7. The highest BCUT2D eigenvalue weighted by Gasteiger charge is 2.20. The van der Waals surface area contributed by atoms with Crippen LogP contribution in [-0.2, 0) is 13.0 Å². The number of imidazole rings is 1. The van der Waals surface area contributed by atoms with Crippen LogP contribution in [0.5, 0.6) is 0 Å². The van der Waals surface area contributed by atoms with Gasteiger partial charge in [-0.2, -0.15) is 0 Å². The lowest BCUT2D eigenvalue weighted by atomic mass is 10.1. The van der Waals surface area contributed by atoms with E-state index in [0.717, 1.165) is 23.6 Å². The first-order chi connectivity index (χ1) is 12.7. The van der Waals surface area contributed by atoms with Crippen molar-refractivity contribution in [1.82, 2.24) is 14.5 Å². The standard InChI is InChI=1S/C21H25N3OS/c1-16(2)20-21(26-18-10-4-3-5-11-18)24(19(23-20)12-8-14-25)15-17-9-6-7-13-22-17/h3-7,9-11,13,16,25H,8,12,14-15H2,1-2H3. The molecule has 2 aromatic heterocycles. The quantitative estimate of drug-likeness (QED) is 0.636. The number of aliphatic hydroxyl groups is 1. The topological polar surface area (TPSA) is 50.9 Å². The smallest absolute Gasteiger partial charge is 0.110 e. The van der Waals surface area contributed by atoms with Gasteiger partial charge in [0.25, 0.3) is 0 Å². The van der Waals surface area contributed by atoms with E-state index >= 15 is 0 Å². The predicted octanol–water partition coefficient (Wildman–Crippen LogP) is 4.53. The van der Waals surface area contributed by atoms with Crippen LogP contribution in [0.25, 0.3) is 0 Å². The van der Waals surface area contributed by atoms with Gasteiger partial charge in [-0.15, -0.1) is 0 Å². The minimum absolute atomic E-state index is 0.175. The molecule has 0 saturated heterocycles. The molecule has 4 nitrogen and oxygen atoms in total. The molecule has 0 aliphatic heterocycles. The molecule has 0 atom stereocenters. The van der Waals surface area contributed by atoms with Crippen molar-refractivity contribution >= 4 is 11.8 Å². The first-order valence-corrected chi connectivity index (χ1v) is 9.83. The van der Waals surface area contributed by atoms with E-state index in [-0.39, 0.29) is 6.61 Å². The molecule has 0 radical (unpaired) electrons. The molecule has 0 aliphatic carbocycles. The largest absolute Gasteiger partial charge is 0.396 e. The molecular formula is C21H25N3OS. The van der Waals surface area contributed by atoms with Crippen LogP contribution < -0.4 is 0 Å². The van der Waals surface area contributed by atoms with E-state index in [2.05, 4.69) is 47.7 Å². The highest BCUT2D eigenvalue weighted by molar-refractivity contribution is 7.99. The van der Waals surface area contributed by atoms with Gasteiger partial charge in [0.15, 0.2) is 0 Å². The molecule has 3 rings (SSSR count). The number of benzene rings is 1. The number of aromatic nitrogens is 3. The molecule has 26 heavy (non-hydrogen) atoms. The van der Waals surface area contributed by atoms with Crippen LogP contribution in [0.2, 0.25) is 0 Å². The lowest BCUT2D eigenvalue weighted by Crippen LogP contribution is -2.08. The zero-order valence-corrected chi connectivity index (χ0v) is 16.1. The van der Waals surface area contributed by atoms with Crippen LogP contribution in [0.4, 0.5) is 0 Å². The molecule has 1 N–H and O–H groups in total. The van der Waals surface area contributed by atoms with E-state index < -0.39 is 0 Å². The average molecular weight is 368 g/mol. The third kappa shape index (κ3) is 4.54. The maximum Gasteiger partial charge on any atom is 0.110 e. The molecular weight excluding hydrogens is 342 g/mol. The Kier molecular flexibility index (Phi) is 6.47. The number of nitrogens with zero attached hydrogens (tertiary/aromatic N) is 3. The van der Waals surface area contributed by atoms with Crippen LogP contribution in [0.3, 0.4) is 0 Å². The van der Waals surface area contributed by atoms with E-state index in [1.807, 2.05) is 30.5 Å². The molecule has 1 aromatic carbocycles. The summed E-state index contributed by atoms with van der Waals surface area (Å²) in [5.41, 5.74) is 2.13. The minimum Gasteiger partial charge on any atom is -0.396 e. The average Bonchev–Trinajstić information content (AvgIpc) is 2.99. The second kappa shape index (κ2) is 9.01. The SMILES string of the molecule is CC(C)c1nc(CCCO)n(Cc2ccccn2)c1Sc1ccccc1. The van der Waals surface area contributed by atoms with Crippen molar-refractivity contribution in [3.05, 3.63) is 71.9 Å². The Balaban J connectivity index is 2.03. The van der Waals surface area contributed by atoms with E-state index in [0.29, 0.717) is 18.9 Å². The molecule has 0 unspecified atom stereocenters. The van der Waals surface area contributed by atoms with Crippen molar-refractivity contribution in [2.75, 3.05) is 6.61 Å². The first-order valence-electron chi connectivity index (χ1n) is 9.02. The second-order valence-corrected chi connectivity index (χ2v) is 7.58. The van der Waals surface area contributed by atoms with Crippen molar-refractivity contribution in [1.29, 1.82) is 0 Å². The highest BCUT2D eigenvalue weighted by Crippen LogP contribution is 2.35. The summed E-state index contributed by atoms with van der Waals surface area (Å²) in [6.45, 7) is 5.22. The molecule has 2 heterocycles. The monoisotopic (exact) mass is 367 g/mol. The van der Waals surface area contributed by atoms with Crippen LogP contribution >= 0.6 is 11.8 Å². The van der Waals surface area contributed by atoms with E-state index in [9.17, 15) is 5.11 Å². The maximum atomic E-state index is 9.27. The molecule has 0 aliphatic rings. The summed E-state index contributed by atoms with van der Waals surface area (Å²) >= 11 is 1.75. The molecule has 0 bridgehead atoms. The Hall–Kier alpha value is -2.11.